The second-order valence-corrected chi connectivity index (χ2v) is 7.17. The van der Waals surface area contributed by atoms with E-state index in [1.807, 2.05) is 19.1 Å². The maximum atomic E-state index is 13.2. The van der Waals surface area contributed by atoms with Crippen molar-refractivity contribution >= 4 is 23.1 Å². The van der Waals surface area contributed by atoms with Gasteiger partial charge in [0.15, 0.2) is 0 Å². The summed E-state index contributed by atoms with van der Waals surface area (Å²) in [6.45, 7) is 2.04. The molecule has 0 spiro atoms. The molecule has 0 aliphatic carbocycles. The molecule has 1 fully saturated rings. The van der Waals surface area contributed by atoms with Crippen molar-refractivity contribution in [1.29, 1.82) is 0 Å². The van der Waals surface area contributed by atoms with Crippen LogP contribution < -0.4 is 9.64 Å². The number of amides is 1. The number of rotatable bonds is 5. The first-order valence-electron chi connectivity index (χ1n) is 10.00. The Bertz CT molecular complexity index is 1150. The summed E-state index contributed by atoms with van der Waals surface area (Å²) >= 11 is 0. The Labute approximate surface area is 180 Å². The summed E-state index contributed by atoms with van der Waals surface area (Å²) in [6, 6.07) is 16.9. The molecule has 1 aliphatic heterocycles. The lowest BCUT2D eigenvalue weighted by atomic mass is 9.95. The number of carbonyl (C=O) groups excluding carboxylic acids is 2. The van der Waals surface area contributed by atoms with Crippen molar-refractivity contribution < 1.29 is 19.4 Å². The van der Waals surface area contributed by atoms with Gasteiger partial charge < -0.3 is 9.84 Å². The van der Waals surface area contributed by atoms with Gasteiger partial charge >= 0.3 is 0 Å². The Balaban J connectivity index is 1.94. The van der Waals surface area contributed by atoms with Gasteiger partial charge in [-0.3, -0.25) is 19.5 Å². The van der Waals surface area contributed by atoms with Crippen LogP contribution in [0.15, 0.2) is 78.6 Å². The van der Waals surface area contributed by atoms with Crippen LogP contribution in [0, 0.1) is 0 Å². The van der Waals surface area contributed by atoms with Crippen LogP contribution in [0.2, 0.25) is 0 Å². The first kappa shape index (κ1) is 20.3. The molecule has 31 heavy (non-hydrogen) atoms. The number of carbonyl (C=O) groups is 2. The zero-order chi connectivity index (χ0) is 22.0. The van der Waals surface area contributed by atoms with Gasteiger partial charge in [-0.1, -0.05) is 43.3 Å². The monoisotopic (exact) mass is 414 g/mol. The molecule has 6 heteroatoms. The largest absolute Gasteiger partial charge is 0.507 e. The Morgan fingerprint density at radius 2 is 1.71 bits per heavy atom. The lowest BCUT2D eigenvalue weighted by Crippen LogP contribution is -2.29. The number of aromatic nitrogens is 1. The number of methoxy groups -OCH3 is 1. The van der Waals surface area contributed by atoms with Crippen LogP contribution in [0.5, 0.6) is 5.75 Å². The van der Waals surface area contributed by atoms with Gasteiger partial charge in [0, 0.05) is 18.0 Å². The van der Waals surface area contributed by atoms with Gasteiger partial charge in [0.25, 0.3) is 11.7 Å². The van der Waals surface area contributed by atoms with E-state index in [1.54, 1.807) is 60.9 Å². The summed E-state index contributed by atoms with van der Waals surface area (Å²) in [7, 11) is 1.51. The van der Waals surface area contributed by atoms with Crippen LogP contribution in [0.4, 0.5) is 5.69 Å². The van der Waals surface area contributed by atoms with Crippen LogP contribution in [0.1, 0.15) is 29.7 Å². The van der Waals surface area contributed by atoms with Crippen molar-refractivity contribution in [3.8, 4) is 5.75 Å². The molecule has 1 atom stereocenters. The number of nitrogens with zero attached hydrogens (tertiary/aromatic N) is 2. The number of Topliss-reactive ketones (excluding diaryl/α,β-unsaturated/α-hetero) is 1. The van der Waals surface area contributed by atoms with Crippen molar-refractivity contribution in [2.45, 2.75) is 19.4 Å². The molecule has 1 N–H and O–H groups in total. The van der Waals surface area contributed by atoms with Crippen LogP contribution >= 0.6 is 0 Å². The molecule has 0 bridgehead atoms. The van der Waals surface area contributed by atoms with Gasteiger partial charge in [0.2, 0.25) is 0 Å². The molecule has 6 nitrogen and oxygen atoms in total. The molecule has 2 aromatic carbocycles. The molecule has 1 aromatic heterocycles. The molecule has 0 radical (unpaired) electrons. The summed E-state index contributed by atoms with van der Waals surface area (Å²) in [5, 5.41) is 11.1. The molecule has 1 aliphatic rings. The summed E-state index contributed by atoms with van der Waals surface area (Å²) < 4.78 is 5.44. The molecule has 2 heterocycles. The van der Waals surface area contributed by atoms with Crippen molar-refractivity contribution in [3.05, 3.63) is 95.3 Å². The molecule has 0 saturated carbocycles. The van der Waals surface area contributed by atoms with E-state index in [4.69, 9.17) is 4.74 Å². The lowest BCUT2D eigenvalue weighted by Gasteiger charge is -2.26. The number of aliphatic hydroxyl groups is 1. The van der Waals surface area contributed by atoms with Crippen LogP contribution in [0.3, 0.4) is 0 Å². The highest BCUT2D eigenvalue weighted by Crippen LogP contribution is 2.44. The number of benzene rings is 2. The Kier molecular flexibility index (Phi) is 5.54. The van der Waals surface area contributed by atoms with Crippen LogP contribution in [0.25, 0.3) is 5.76 Å². The van der Waals surface area contributed by atoms with E-state index in [-0.39, 0.29) is 11.3 Å². The van der Waals surface area contributed by atoms with Crippen molar-refractivity contribution in [2.75, 3.05) is 12.0 Å². The van der Waals surface area contributed by atoms with Crippen LogP contribution in [-0.4, -0.2) is 28.9 Å². The number of ether oxygens (including phenoxy) is 1. The van der Waals surface area contributed by atoms with E-state index < -0.39 is 17.7 Å². The van der Waals surface area contributed by atoms with Gasteiger partial charge in [-0.25, -0.2) is 0 Å². The minimum Gasteiger partial charge on any atom is -0.507 e. The van der Waals surface area contributed by atoms with Gasteiger partial charge in [0.1, 0.15) is 11.5 Å². The van der Waals surface area contributed by atoms with Crippen molar-refractivity contribution in [2.24, 2.45) is 0 Å². The van der Waals surface area contributed by atoms with E-state index in [2.05, 4.69) is 4.98 Å². The Morgan fingerprint density at radius 3 is 2.35 bits per heavy atom. The second kappa shape index (κ2) is 8.44. The fraction of sp³-hybridized carbons (Fsp3) is 0.160. The zero-order valence-electron chi connectivity index (χ0n) is 17.3. The number of pyridine rings is 1. The van der Waals surface area contributed by atoms with Crippen LogP contribution in [-0.2, 0) is 16.0 Å². The van der Waals surface area contributed by atoms with E-state index in [9.17, 15) is 14.7 Å². The predicted molar refractivity (Wildman–Crippen MR) is 118 cm³/mol. The standard InChI is InChI=1S/C25H22N2O4/c1-3-16-8-10-18(11-9-16)23(28)21-22(17-12-14-26-15-13-17)27(25(30)24(21)29)19-6-4-5-7-20(19)31-2/h4-15,22,28H,3H2,1-2H3/b23-21+. The molecular formula is C25H22N2O4. The van der Waals surface area contributed by atoms with Gasteiger partial charge in [-0.05, 0) is 41.8 Å². The molecule has 1 amide bonds. The van der Waals surface area contributed by atoms with Gasteiger partial charge in [-0.15, -0.1) is 0 Å². The first-order valence-corrected chi connectivity index (χ1v) is 10.00. The highest BCUT2D eigenvalue weighted by Gasteiger charge is 2.47. The fourth-order valence-corrected chi connectivity index (χ4v) is 3.82. The lowest BCUT2D eigenvalue weighted by molar-refractivity contribution is -0.132. The quantitative estimate of drug-likeness (QED) is 0.383. The summed E-state index contributed by atoms with van der Waals surface area (Å²) in [5.41, 5.74) is 2.73. The second-order valence-electron chi connectivity index (χ2n) is 7.17. The zero-order valence-corrected chi connectivity index (χ0v) is 17.3. The summed E-state index contributed by atoms with van der Waals surface area (Å²) in [5.74, 6) is -1.22. The maximum absolute atomic E-state index is 13.2. The maximum Gasteiger partial charge on any atom is 0.300 e. The van der Waals surface area contributed by atoms with Crippen molar-refractivity contribution in [1.82, 2.24) is 4.98 Å². The van der Waals surface area contributed by atoms with Gasteiger partial charge in [0.05, 0.1) is 24.4 Å². The first-order chi connectivity index (χ1) is 15.1. The average Bonchev–Trinajstić information content (AvgIpc) is 3.09. The van der Waals surface area contributed by atoms with Crippen molar-refractivity contribution in [3.63, 3.8) is 0 Å². The third kappa shape index (κ3) is 3.57. The third-order valence-electron chi connectivity index (χ3n) is 5.45. The summed E-state index contributed by atoms with van der Waals surface area (Å²) in [4.78, 5) is 31.7. The smallest absolute Gasteiger partial charge is 0.300 e. The van der Waals surface area contributed by atoms with Gasteiger partial charge in [-0.2, -0.15) is 0 Å². The normalized spacial score (nSPS) is 17.7. The highest BCUT2D eigenvalue weighted by atomic mass is 16.5. The molecular weight excluding hydrogens is 392 g/mol. The number of hydrogen-bond acceptors (Lipinski definition) is 5. The highest BCUT2D eigenvalue weighted by molar-refractivity contribution is 6.51. The number of hydrogen-bond donors (Lipinski definition) is 1. The molecule has 1 unspecified atom stereocenters. The molecule has 3 aromatic rings. The SMILES string of the molecule is CCc1ccc(/C(O)=C2\C(=O)C(=O)N(c3ccccc3OC)C2c2ccncc2)cc1. The topological polar surface area (TPSA) is 79.7 Å². The number of para-hydroxylation sites is 2. The fourth-order valence-electron chi connectivity index (χ4n) is 3.82. The predicted octanol–water partition coefficient (Wildman–Crippen LogP) is 4.28. The summed E-state index contributed by atoms with van der Waals surface area (Å²) in [6.07, 6.45) is 4.04. The molecule has 1 saturated heterocycles. The number of anilines is 1. The number of ketones is 1. The van der Waals surface area contributed by atoms with E-state index in [0.29, 0.717) is 22.6 Å². The third-order valence-corrected chi connectivity index (χ3v) is 5.45. The number of aliphatic hydroxyl groups excluding tert-OH is 1. The van der Waals surface area contributed by atoms with E-state index >= 15 is 0 Å². The Hall–Kier alpha value is -3.93. The minimum atomic E-state index is -0.815. The molecule has 156 valence electrons. The van der Waals surface area contributed by atoms with E-state index in [0.717, 1.165) is 12.0 Å². The van der Waals surface area contributed by atoms with E-state index in [1.165, 1.54) is 12.0 Å². The average molecular weight is 414 g/mol. The minimum absolute atomic E-state index is 0.0337. The Morgan fingerprint density at radius 1 is 1.03 bits per heavy atom. The molecule has 4 rings (SSSR count). The number of aryl methyl sites for hydroxylation is 1.